The van der Waals surface area contributed by atoms with Crippen LogP contribution < -0.4 is 4.72 Å². The molecule has 0 radical (unpaired) electrons. The third-order valence-corrected chi connectivity index (χ3v) is 5.02. The highest BCUT2D eigenvalue weighted by Gasteiger charge is 2.12. The maximum atomic E-state index is 12.0. The Kier molecular flexibility index (Phi) is 8.97. The molecule has 5 nitrogen and oxygen atoms in total. The molecule has 0 unspecified atom stereocenters. The Labute approximate surface area is 138 Å². The van der Waals surface area contributed by atoms with E-state index in [1.165, 1.54) is 0 Å². The zero-order valence-corrected chi connectivity index (χ0v) is 14.8. The molecular weight excluding hydrogens is 324 g/mol. The number of halogens is 1. The highest BCUT2D eigenvalue weighted by molar-refractivity contribution is 7.88. The van der Waals surface area contributed by atoms with Gasteiger partial charge >= 0.3 is 0 Å². The number of rotatable bonds is 11. The van der Waals surface area contributed by atoms with Gasteiger partial charge in [0.2, 0.25) is 10.0 Å². The fraction of sp³-hybridized carbons (Fsp3) is 0.600. The molecule has 0 saturated heterocycles. The second-order valence-electron chi connectivity index (χ2n) is 4.88. The van der Waals surface area contributed by atoms with E-state index in [4.69, 9.17) is 16.3 Å². The summed E-state index contributed by atoms with van der Waals surface area (Å²) in [6.07, 6.45) is 0. The van der Waals surface area contributed by atoms with Gasteiger partial charge in [0.15, 0.2) is 0 Å². The second kappa shape index (κ2) is 10.2. The molecular formula is C15H25ClN2O3S. The molecule has 0 spiro atoms. The van der Waals surface area contributed by atoms with Gasteiger partial charge in [-0.05, 0) is 24.7 Å². The summed E-state index contributed by atoms with van der Waals surface area (Å²) < 4.78 is 31.9. The van der Waals surface area contributed by atoms with Crippen LogP contribution in [-0.2, 0) is 20.5 Å². The maximum absolute atomic E-state index is 12.0. The molecule has 0 aliphatic heterocycles. The molecule has 1 aromatic rings. The topological polar surface area (TPSA) is 58.6 Å². The van der Waals surface area contributed by atoms with Crippen LogP contribution in [0.15, 0.2) is 24.3 Å². The third-order valence-electron chi connectivity index (χ3n) is 3.32. The van der Waals surface area contributed by atoms with Gasteiger partial charge in [0.05, 0.1) is 19.0 Å². The van der Waals surface area contributed by atoms with E-state index in [9.17, 15) is 8.42 Å². The Morgan fingerprint density at radius 1 is 1.18 bits per heavy atom. The Hall–Kier alpha value is -0.660. The van der Waals surface area contributed by atoms with E-state index >= 15 is 0 Å². The Morgan fingerprint density at radius 3 is 2.50 bits per heavy atom. The van der Waals surface area contributed by atoms with Crippen LogP contribution in [0.4, 0.5) is 0 Å². The standard InChI is InChI=1S/C15H25ClN2O3S/c1-3-18(4-2)10-12-21-11-9-17-22(19,20)13-14-7-5-6-8-15(14)16/h5-8,17H,3-4,9-13H2,1-2H3. The van der Waals surface area contributed by atoms with Crippen molar-refractivity contribution >= 4 is 21.6 Å². The minimum Gasteiger partial charge on any atom is -0.379 e. The largest absolute Gasteiger partial charge is 0.379 e. The lowest BCUT2D eigenvalue weighted by atomic mass is 10.2. The number of benzene rings is 1. The molecule has 0 saturated carbocycles. The van der Waals surface area contributed by atoms with E-state index in [-0.39, 0.29) is 12.3 Å². The highest BCUT2D eigenvalue weighted by atomic mass is 35.5. The molecule has 22 heavy (non-hydrogen) atoms. The summed E-state index contributed by atoms with van der Waals surface area (Å²) in [6.45, 7) is 8.29. The normalized spacial score (nSPS) is 12.0. The van der Waals surface area contributed by atoms with E-state index in [0.717, 1.165) is 19.6 Å². The van der Waals surface area contributed by atoms with Crippen molar-refractivity contribution in [1.29, 1.82) is 0 Å². The van der Waals surface area contributed by atoms with E-state index in [1.54, 1.807) is 24.3 Å². The first-order valence-electron chi connectivity index (χ1n) is 7.49. The van der Waals surface area contributed by atoms with Crippen molar-refractivity contribution in [3.05, 3.63) is 34.9 Å². The molecule has 0 amide bonds. The average Bonchev–Trinajstić information content (AvgIpc) is 2.49. The second-order valence-corrected chi connectivity index (χ2v) is 7.10. The van der Waals surface area contributed by atoms with Crippen molar-refractivity contribution in [1.82, 2.24) is 9.62 Å². The van der Waals surface area contributed by atoms with Crippen LogP contribution in [-0.4, -0.2) is 52.7 Å². The fourth-order valence-electron chi connectivity index (χ4n) is 1.98. The Bertz CT molecular complexity index is 533. The quantitative estimate of drug-likeness (QED) is 0.622. The van der Waals surface area contributed by atoms with Crippen molar-refractivity contribution in [3.63, 3.8) is 0 Å². The number of hydrogen-bond acceptors (Lipinski definition) is 4. The summed E-state index contributed by atoms with van der Waals surface area (Å²) in [5, 5.41) is 0.461. The van der Waals surface area contributed by atoms with Gasteiger partial charge in [-0.25, -0.2) is 13.1 Å². The third kappa shape index (κ3) is 7.56. The van der Waals surface area contributed by atoms with Crippen LogP contribution in [0.5, 0.6) is 0 Å². The summed E-state index contributed by atoms with van der Waals surface area (Å²) in [7, 11) is -3.39. The smallest absolute Gasteiger partial charge is 0.215 e. The number of sulfonamides is 1. The molecule has 0 bridgehead atoms. The number of ether oxygens (including phenoxy) is 1. The van der Waals surface area contributed by atoms with Crippen molar-refractivity contribution in [2.45, 2.75) is 19.6 Å². The molecule has 0 aliphatic rings. The highest BCUT2D eigenvalue weighted by Crippen LogP contribution is 2.16. The van der Waals surface area contributed by atoms with E-state index in [0.29, 0.717) is 23.8 Å². The molecule has 0 atom stereocenters. The first kappa shape index (κ1) is 19.4. The lowest BCUT2D eigenvalue weighted by Crippen LogP contribution is -2.30. The molecule has 1 rings (SSSR count). The predicted octanol–water partition coefficient (Wildman–Crippen LogP) is 2.12. The van der Waals surface area contributed by atoms with Gasteiger partial charge in [0, 0.05) is 18.1 Å². The minimum absolute atomic E-state index is 0.119. The first-order chi connectivity index (χ1) is 10.5. The van der Waals surface area contributed by atoms with E-state index in [1.807, 2.05) is 0 Å². The number of likely N-dealkylation sites (N-methyl/N-ethyl adjacent to an activating group) is 1. The average molecular weight is 349 g/mol. The first-order valence-corrected chi connectivity index (χ1v) is 9.52. The zero-order valence-electron chi connectivity index (χ0n) is 13.2. The van der Waals surface area contributed by atoms with Gasteiger partial charge in [0.25, 0.3) is 0 Å². The van der Waals surface area contributed by atoms with Crippen LogP contribution in [0.25, 0.3) is 0 Å². The van der Waals surface area contributed by atoms with E-state index < -0.39 is 10.0 Å². The van der Waals surface area contributed by atoms with Crippen LogP contribution in [0.2, 0.25) is 5.02 Å². The number of hydrogen-bond donors (Lipinski definition) is 1. The molecule has 1 N–H and O–H groups in total. The summed E-state index contributed by atoms with van der Waals surface area (Å²) >= 11 is 5.97. The summed E-state index contributed by atoms with van der Waals surface area (Å²) in [4.78, 5) is 2.25. The van der Waals surface area contributed by atoms with Gasteiger partial charge in [-0.3, -0.25) is 0 Å². The molecule has 0 aliphatic carbocycles. The lowest BCUT2D eigenvalue weighted by molar-refractivity contribution is 0.111. The molecule has 0 heterocycles. The zero-order chi connectivity index (χ0) is 16.4. The Morgan fingerprint density at radius 2 is 1.86 bits per heavy atom. The number of nitrogens with one attached hydrogen (secondary N) is 1. The van der Waals surface area contributed by atoms with Crippen LogP contribution >= 0.6 is 11.6 Å². The van der Waals surface area contributed by atoms with E-state index in [2.05, 4.69) is 23.5 Å². The van der Waals surface area contributed by atoms with Crippen LogP contribution in [0.3, 0.4) is 0 Å². The van der Waals surface area contributed by atoms with Crippen molar-refractivity contribution in [2.75, 3.05) is 39.4 Å². The number of nitrogens with zero attached hydrogens (tertiary/aromatic N) is 1. The minimum atomic E-state index is -3.39. The monoisotopic (exact) mass is 348 g/mol. The van der Waals surface area contributed by atoms with Crippen LogP contribution in [0.1, 0.15) is 19.4 Å². The van der Waals surface area contributed by atoms with Gasteiger partial charge in [0.1, 0.15) is 0 Å². The van der Waals surface area contributed by atoms with Gasteiger partial charge in [-0.1, -0.05) is 43.6 Å². The van der Waals surface area contributed by atoms with Crippen molar-refractivity contribution < 1.29 is 13.2 Å². The van der Waals surface area contributed by atoms with Crippen LogP contribution in [0, 0.1) is 0 Å². The fourth-order valence-corrected chi connectivity index (χ4v) is 3.42. The SMILES string of the molecule is CCN(CC)CCOCCNS(=O)(=O)Cc1ccccc1Cl. The Balaban J connectivity index is 2.25. The molecule has 1 aromatic carbocycles. The lowest BCUT2D eigenvalue weighted by Gasteiger charge is -2.17. The molecule has 7 heteroatoms. The van der Waals surface area contributed by atoms with Gasteiger partial charge < -0.3 is 9.64 Å². The van der Waals surface area contributed by atoms with Crippen molar-refractivity contribution in [2.24, 2.45) is 0 Å². The maximum Gasteiger partial charge on any atom is 0.215 e. The van der Waals surface area contributed by atoms with Gasteiger partial charge in [-0.15, -0.1) is 0 Å². The summed E-state index contributed by atoms with van der Waals surface area (Å²) in [5.74, 6) is -0.119. The predicted molar refractivity (Wildman–Crippen MR) is 90.7 cm³/mol. The summed E-state index contributed by atoms with van der Waals surface area (Å²) in [6, 6.07) is 6.94. The molecule has 0 fully saturated rings. The summed E-state index contributed by atoms with van der Waals surface area (Å²) in [5.41, 5.74) is 0.596. The molecule has 0 aromatic heterocycles. The molecule has 126 valence electrons. The van der Waals surface area contributed by atoms with Crippen molar-refractivity contribution in [3.8, 4) is 0 Å². The van der Waals surface area contributed by atoms with Gasteiger partial charge in [-0.2, -0.15) is 0 Å².